The molecule has 0 aliphatic carbocycles. The number of hydrogen-bond donors (Lipinski definition) is 3. The Morgan fingerprint density at radius 3 is 2.56 bits per heavy atom. The topological polar surface area (TPSA) is 112 Å². The van der Waals surface area contributed by atoms with Gasteiger partial charge in [-0.3, -0.25) is 9.89 Å². The highest BCUT2D eigenvalue weighted by Crippen LogP contribution is 2.15. The fourth-order valence-corrected chi connectivity index (χ4v) is 2.70. The fraction of sp³-hybridized carbons (Fsp3) is 0.500. The van der Waals surface area contributed by atoms with Crippen molar-refractivity contribution in [1.82, 2.24) is 14.9 Å². The van der Waals surface area contributed by atoms with Gasteiger partial charge >= 0.3 is 5.97 Å². The van der Waals surface area contributed by atoms with E-state index in [0.717, 1.165) is 0 Å². The zero-order valence-electron chi connectivity index (χ0n) is 8.94. The van der Waals surface area contributed by atoms with E-state index in [2.05, 4.69) is 14.9 Å². The zero-order chi connectivity index (χ0) is 12.3. The van der Waals surface area contributed by atoms with Crippen LogP contribution in [-0.4, -0.2) is 36.2 Å². The van der Waals surface area contributed by atoms with Gasteiger partial charge < -0.3 is 5.11 Å². The van der Waals surface area contributed by atoms with Crippen LogP contribution < -0.4 is 4.72 Å². The number of aromatic amines is 1. The number of rotatable bonds is 5. The Labute approximate surface area is 92.9 Å². The van der Waals surface area contributed by atoms with Crippen LogP contribution in [0.25, 0.3) is 0 Å². The van der Waals surface area contributed by atoms with E-state index in [9.17, 15) is 13.2 Å². The third-order valence-electron chi connectivity index (χ3n) is 1.96. The summed E-state index contributed by atoms with van der Waals surface area (Å²) < 4.78 is 25.7. The molecule has 0 aromatic carbocycles. The first kappa shape index (κ1) is 12.7. The second-order valence-electron chi connectivity index (χ2n) is 3.30. The Hall–Kier alpha value is -1.41. The van der Waals surface area contributed by atoms with Gasteiger partial charge in [-0.15, -0.1) is 0 Å². The Kier molecular flexibility index (Phi) is 3.66. The van der Waals surface area contributed by atoms with E-state index >= 15 is 0 Å². The summed E-state index contributed by atoms with van der Waals surface area (Å²) in [4.78, 5) is 10.3. The van der Waals surface area contributed by atoms with Gasteiger partial charge in [0.2, 0.25) is 10.0 Å². The van der Waals surface area contributed by atoms with Gasteiger partial charge in [-0.25, -0.2) is 13.1 Å². The van der Waals surface area contributed by atoms with E-state index in [1.165, 1.54) is 0 Å². The lowest BCUT2D eigenvalue weighted by atomic mass is 10.4. The van der Waals surface area contributed by atoms with Crippen LogP contribution in [0.5, 0.6) is 0 Å². The van der Waals surface area contributed by atoms with Crippen molar-refractivity contribution in [1.29, 1.82) is 0 Å². The molecule has 1 heterocycles. The minimum absolute atomic E-state index is 0.0814. The van der Waals surface area contributed by atoms with Crippen molar-refractivity contribution >= 4 is 16.0 Å². The van der Waals surface area contributed by atoms with Gasteiger partial charge in [-0.05, 0) is 13.8 Å². The van der Waals surface area contributed by atoms with Crippen molar-refractivity contribution in [2.75, 3.05) is 6.54 Å². The molecule has 1 rings (SSSR count). The van der Waals surface area contributed by atoms with E-state index in [4.69, 9.17) is 5.11 Å². The summed E-state index contributed by atoms with van der Waals surface area (Å²) >= 11 is 0. The largest absolute Gasteiger partial charge is 0.481 e. The summed E-state index contributed by atoms with van der Waals surface area (Å²) in [5.41, 5.74) is 0.792. The minimum atomic E-state index is -3.68. The van der Waals surface area contributed by atoms with E-state index in [1.807, 2.05) is 0 Å². The predicted molar refractivity (Wildman–Crippen MR) is 55.5 cm³/mol. The molecule has 0 bridgehead atoms. The van der Waals surface area contributed by atoms with Crippen LogP contribution in [0.15, 0.2) is 4.90 Å². The van der Waals surface area contributed by atoms with Crippen LogP contribution in [-0.2, 0) is 14.8 Å². The van der Waals surface area contributed by atoms with Crippen molar-refractivity contribution in [2.45, 2.75) is 25.2 Å². The molecule has 90 valence electrons. The number of H-pyrrole nitrogens is 1. The molecule has 0 saturated heterocycles. The second kappa shape index (κ2) is 4.62. The highest BCUT2D eigenvalue weighted by Gasteiger charge is 2.21. The van der Waals surface area contributed by atoms with Crippen molar-refractivity contribution < 1.29 is 18.3 Å². The first-order chi connectivity index (χ1) is 7.34. The second-order valence-corrected chi connectivity index (χ2v) is 5.01. The molecular formula is C8H13N3O4S. The molecule has 7 nitrogen and oxygen atoms in total. The highest BCUT2D eigenvalue weighted by atomic mass is 32.2. The van der Waals surface area contributed by atoms with Gasteiger partial charge in [0, 0.05) is 6.54 Å². The molecule has 0 amide bonds. The molecule has 0 radical (unpaired) electrons. The van der Waals surface area contributed by atoms with Crippen LogP contribution in [0.1, 0.15) is 17.8 Å². The third-order valence-corrected chi connectivity index (χ3v) is 3.68. The summed E-state index contributed by atoms with van der Waals surface area (Å²) in [6.07, 6.45) is -0.255. The number of aromatic nitrogens is 2. The van der Waals surface area contributed by atoms with Crippen LogP contribution in [0, 0.1) is 13.8 Å². The van der Waals surface area contributed by atoms with Crippen molar-refractivity contribution in [3.05, 3.63) is 11.4 Å². The van der Waals surface area contributed by atoms with E-state index in [0.29, 0.717) is 11.4 Å². The number of nitrogens with one attached hydrogen (secondary N) is 2. The molecular weight excluding hydrogens is 234 g/mol. The number of aryl methyl sites for hydroxylation is 2. The number of nitrogens with zero attached hydrogens (tertiary/aromatic N) is 1. The van der Waals surface area contributed by atoms with Gasteiger partial charge in [0.25, 0.3) is 0 Å². The predicted octanol–water partition coefficient (Wildman–Crippen LogP) is -0.220. The van der Waals surface area contributed by atoms with Crippen LogP contribution in [0.4, 0.5) is 0 Å². The van der Waals surface area contributed by atoms with Gasteiger partial charge in [0.1, 0.15) is 4.90 Å². The Morgan fingerprint density at radius 2 is 2.12 bits per heavy atom. The summed E-state index contributed by atoms with van der Waals surface area (Å²) in [6.45, 7) is 3.02. The lowest BCUT2D eigenvalue weighted by molar-refractivity contribution is -0.136. The maximum Gasteiger partial charge on any atom is 0.304 e. The average molecular weight is 247 g/mol. The molecule has 0 aliphatic heterocycles. The van der Waals surface area contributed by atoms with E-state index in [-0.39, 0.29) is 17.9 Å². The summed E-state index contributed by atoms with van der Waals surface area (Å²) in [5.74, 6) is -1.05. The first-order valence-electron chi connectivity index (χ1n) is 4.57. The van der Waals surface area contributed by atoms with Gasteiger partial charge in [-0.1, -0.05) is 0 Å². The maximum absolute atomic E-state index is 11.8. The molecule has 0 spiro atoms. The first-order valence-corrected chi connectivity index (χ1v) is 6.06. The van der Waals surface area contributed by atoms with Crippen molar-refractivity contribution in [3.8, 4) is 0 Å². The van der Waals surface area contributed by atoms with E-state index < -0.39 is 16.0 Å². The molecule has 0 saturated carbocycles. The van der Waals surface area contributed by atoms with Crippen molar-refractivity contribution in [3.63, 3.8) is 0 Å². The molecule has 1 aromatic heterocycles. The SMILES string of the molecule is Cc1n[nH]c(C)c1S(=O)(=O)NCCC(=O)O. The molecule has 1 aromatic rings. The van der Waals surface area contributed by atoms with Crippen LogP contribution in [0.3, 0.4) is 0 Å². The number of hydrogen-bond acceptors (Lipinski definition) is 4. The van der Waals surface area contributed by atoms with Gasteiger partial charge in [0.15, 0.2) is 0 Å². The highest BCUT2D eigenvalue weighted by molar-refractivity contribution is 7.89. The van der Waals surface area contributed by atoms with Crippen molar-refractivity contribution in [2.24, 2.45) is 0 Å². The zero-order valence-corrected chi connectivity index (χ0v) is 9.76. The Morgan fingerprint density at radius 1 is 1.50 bits per heavy atom. The number of carbonyl (C=O) groups is 1. The lowest BCUT2D eigenvalue weighted by Crippen LogP contribution is -2.27. The smallest absolute Gasteiger partial charge is 0.304 e. The Balaban J connectivity index is 2.83. The molecule has 8 heteroatoms. The molecule has 0 unspecified atom stereocenters. The number of carboxylic acids is 1. The third kappa shape index (κ3) is 2.80. The lowest BCUT2D eigenvalue weighted by Gasteiger charge is -2.04. The van der Waals surface area contributed by atoms with E-state index in [1.54, 1.807) is 13.8 Å². The number of sulfonamides is 1. The number of aliphatic carboxylic acids is 1. The monoisotopic (exact) mass is 247 g/mol. The minimum Gasteiger partial charge on any atom is -0.481 e. The van der Waals surface area contributed by atoms with Crippen LogP contribution in [0.2, 0.25) is 0 Å². The molecule has 0 fully saturated rings. The summed E-state index contributed by atoms with van der Waals surface area (Å²) in [7, 11) is -3.68. The standard InChI is InChI=1S/C8H13N3O4S/c1-5-8(6(2)11-10-5)16(14,15)9-4-3-7(12)13/h9H,3-4H2,1-2H3,(H,10,11)(H,12,13). The summed E-state index contributed by atoms with van der Waals surface area (Å²) in [5, 5.41) is 14.7. The van der Waals surface area contributed by atoms with Gasteiger partial charge in [-0.2, -0.15) is 5.10 Å². The number of carboxylic acid groups (broad SMARTS) is 1. The molecule has 0 aliphatic rings. The fourth-order valence-electron chi connectivity index (χ4n) is 1.30. The quantitative estimate of drug-likeness (QED) is 0.666. The molecule has 3 N–H and O–H groups in total. The van der Waals surface area contributed by atoms with Crippen LogP contribution >= 0.6 is 0 Å². The maximum atomic E-state index is 11.8. The molecule has 16 heavy (non-hydrogen) atoms. The Bertz CT molecular complexity index is 472. The van der Waals surface area contributed by atoms with Gasteiger partial charge in [0.05, 0.1) is 17.8 Å². The summed E-state index contributed by atoms with van der Waals surface area (Å²) in [6, 6.07) is 0. The average Bonchev–Trinajstić information content (AvgIpc) is 2.45. The molecule has 0 atom stereocenters. The normalized spacial score (nSPS) is 11.6.